The second-order valence-corrected chi connectivity index (χ2v) is 5.50. The van der Waals surface area contributed by atoms with E-state index in [2.05, 4.69) is 11.1 Å². The normalized spacial score (nSPS) is 10.4. The zero-order valence-electron chi connectivity index (χ0n) is 11.9. The van der Waals surface area contributed by atoms with Crippen molar-refractivity contribution in [1.29, 1.82) is 5.26 Å². The summed E-state index contributed by atoms with van der Waals surface area (Å²) in [5.74, 6) is -0.0961. The molecule has 1 N–H and O–H groups in total. The van der Waals surface area contributed by atoms with Crippen molar-refractivity contribution in [3.05, 3.63) is 58.4 Å². The van der Waals surface area contributed by atoms with E-state index in [0.29, 0.717) is 22.8 Å². The Morgan fingerprint density at radius 3 is 2.52 bits per heavy atom. The standard InChI is InChI=1S/C16H16ClN3O/c1-11(2)20(16(21)15-7-14(17)9-19-15)10-13-5-3-12(8-18)4-6-13/h3-7,9,11,19H,10H2,1-2H3. The number of nitrogens with one attached hydrogen (secondary N) is 1. The Balaban J connectivity index is 2.19. The van der Waals surface area contributed by atoms with Gasteiger partial charge in [0.25, 0.3) is 5.91 Å². The predicted molar refractivity (Wildman–Crippen MR) is 82.0 cm³/mol. The van der Waals surface area contributed by atoms with Gasteiger partial charge in [-0.15, -0.1) is 0 Å². The third-order valence-electron chi connectivity index (χ3n) is 3.20. The molecule has 1 heterocycles. The lowest BCUT2D eigenvalue weighted by atomic mass is 10.1. The molecule has 0 fully saturated rings. The number of halogens is 1. The Hall–Kier alpha value is -2.25. The van der Waals surface area contributed by atoms with Crippen LogP contribution in [0.1, 0.15) is 35.5 Å². The number of nitrogens with zero attached hydrogens (tertiary/aromatic N) is 2. The first-order valence-corrected chi connectivity index (χ1v) is 7.03. The first-order valence-electron chi connectivity index (χ1n) is 6.65. The summed E-state index contributed by atoms with van der Waals surface area (Å²) in [5, 5.41) is 9.32. The van der Waals surface area contributed by atoms with Gasteiger partial charge in [-0.05, 0) is 37.6 Å². The minimum atomic E-state index is -0.0961. The number of aromatic amines is 1. The van der Waals surface area contributed by atoms with Crippen molar-refractivity contribution in [2.75, 3.05) is 0 Å². The van der Waals surface area contributed by atoms with Crippen molar-refractivity contribution in [2.45, 2.75) is 26.4 Å². The summed E-state index contributed by atoms with van der Waals surface area (Å²) in [6.07, 6.45) is 1.59. The molecule has 2 aromatic rings. The Bertz CT molecular complexity index is 668. The average molecular weight is 302 g/mol. The Labute approximate surface area is 129 Å². The highest BCUT2D eigenvalue weighted by Gasteiger charge is 2.20. The largest absolute Gasteiger partial charge is 0.356 e. The summed E-state index contributed by atoms with van der Waals surface area (Å²) in [4.78, 5) is 17.1. The Morgan fingerprint density at radius 1 is 1.38 bits per heavy atom. The van der Waals surface area contributed by atoms with Crippen LogP contribution in [0.3, 0.4) is 0 Å². The average Bonchev–Trinajstić information content (AvgIpc) is 2.91. The number of benzene rings is 1. The third-order valence-corrected chi connectivity index (χ3v) is 3.42. The summed E-state index contributed by atoms with van der Waals surface area (Å²) in [6.45, 7) is 4.41. The Kier molecular flexibility index (Phi) is 4.66. The fraction of sp³-hybridized carbons (Fsp3) is 0.250. The molecule has 1 aromatic heterocycles. The molecule has 21 heavy (non-hydrogen) atoms. The molecule has 0 aliphatic carbocycles. The van der Waals surface area contributed by atoms with Crippen molar-refractivity contribution < 1.29 is 4.79 Å². The van der Waals surface area contributed by atoms with Crippen LogP contribution in [0.5, 0.6) is 0 Å². The topological polar surface area (TPSA) is 59.9 Å². The summed E-state index contributed by atoms with van der Waals surface area (Å²) >= 11 is 5.85. The van der Waals surface area contributed by atoms with Gasteiger partial charge in [-0.25, -0.2) is 0 Å². The smallest absolute Gasteiger partial charge is 0.270 e. The number of nitriles is 1. The summed E-state index contributed by atoms with van der Waals surface area (Å²) in [5.41, 5.74) is 2.06. The van der Waals surface area contributed by atoms with E-state index in [0.717, 1.165) is 5.56 Å². The van der Waals surface area contributed by atoms with Gasteiger partial charge in [0, 0.05) is 18.8 Å². The van der Waals surface area contributed by atoms with Crippen molar-refractivity contribution in [3.8, 4) is 6.07 Å². The lowest BCUT2D eigenvalue weighted by Gasteiger charge is -2.26. The molecule has 1 amide bonds. The van der Waals surface area contributed by atoms with E-state index in [4.69, 9.17) is 16.9 Å². The monoisotopic (exact) mass is 301 g/mol. The Morgan fingerprint density at radius 2 is 2.05 bits per heavy atom. The van der Waals surface area contributed by atoms with Gasteiger partial charge in [0.15, 0.2) is 0 Å². The zero-order valence-corrected chi connectivity index (χ0v) is 12.7. The SMILES string of the molecule is CC(C)N(Cc1ccc(C#N)cc1)C(=O)c1cc(Cl)c[nH]1. The molecule has 4 nitrogen and oxygen atoms in total. The number of amides is 1. The minimum Gasteiger partial charge on any atom is -0.356 e. The lowest BCUT2D eigenvalue weighted by Crippen LogP contribution is -2.36. The van der Waals surface area contributed by atoms with Crippen LogP contribution in [0, 0.1) is 11.3 Å². The van der Waals surface area contributed by atoms with E-state index in [1.54, 1.807) is 29.3 Å². The van der Waals surface area contributed by atoms with Crippen molar-refractivity contribution in [1.82, 2.24) is 9.88 Å². The molecule has 0 aliphatic rings. The molecule has 2 rings (SSSR count). The van der Waals surface area contributed by atoms with Crippen LogP contribution < -0.4 is 0 Å². The quantitative estimate of drug-likeness (QED) is 0.938. The maximum Gasteiger partial charge on any atom is 0.270 e. The number of hydrogen-bond donors (Lipinski definition) is 1. The number of rotatable bonds is 4. The highest BCUT2D eigenvalue weighted by atomic mass is 35.5. The fourth-order valence-electron chi connectivity index (χ4n) is 2.02. The molecular weight excluding hydrogens is 286 g/mol. The van der Waals surface area contributed by atoms with Gasteiger partial charge in [0.05, 0.1) is 16.7 Å². The number of carbonyl (C=O) groups is 1. The van der Waals surface area contributed by atoms with E-state index in [9.17, 15) is 4.79 Å². The highest BCUT2D eigenvalue weighted by molar-refractivity contribution is 6.30. The number of hydrogen-bond acceptors (Lipinski definition) is 2. The van der Waals surface area contributed by atoms with Crippen LogP contribution in [0.4, 0.5) is 0 Å². The molecular formula is C16H16ClN3O. The molecule has 0 spiro atoms. The molecule has 0 saturated carbocycles. The van der Waals surface area contributed by atoms with Crippen molar-refractivity contribution >= 4 is 17.5 Å². The van der Waals surface area contributed by atoms with Crippen LogP contribution in [0.15, 0.2) is 36.5 Å². The molecule has 0 aliphatic heterocycles. The maximum atomic E-state index is 12.5. The third kappa shape index (κ3) is 3.65. The fourth-order valence-corrected chi connectivity index (χ4v) is 2.18. The molecule has 108 valence electrons. The van der Waals surface area contributed by atoms with E-state index >= 15 is 0 Å². The molecule has 0 saturated heterocycles. The molecule has 5 heteroatoms. The summed E-state index contributed by atoms with van der Waals surface area (Å²) < 4.78 is 0. The number of H-pyrrole nitrogens is 1. The molecule has 0 radical (unpaired) electrons. The minimum absolute atomic E-state index is 0.0511. The van der Waals surface area contributed by atoms with Crippen molar-refractivity contribution in [2.24, 2.45) is 0 Å². The first-order chi connectivity index (χ1) is 10.0. The van der Waals surface area contributed by atoms with Crippen LogP contribution >= 0.6 is 11.6 Å². The van der Waals surface area contributed by atoms with Gasteiger partial charge in [-0.2, -0.15) is 5.26 Å². The van der Waals surface area contributed by atoms with Gasteiger partial charge in [-0.3, -0.25) is 4.79 Å². The van der Waals surface area contributed by atoms with E-state index < -0.39 is 0 Å². The van der Waals surface area contributed by atoms with Gasteiger partial charge < -0.3 is 9.88 Å². The van der Waals surface area contributed by atoms with Crippen LogP contribution in [-0.2, 0) is 6.54 Å². The van der Waals surface area contributed by atoms with Gasteiger partial charge in [0.2, 0.25) is 0 Å². The van der Waals surface area contributed by atoms with Gasteiger partial charge in [-0.1, -0.05) is 23.7 Å². The second kappa shape index (κ2) is 6.47. The highest BCUT2D eigenvalue weighted by Crippen LogP contribution is 2.16. The van der Waals surface area contributed by atoms with Crippen molar-refractivity contribution in [3.63, 3.8) is 0 Å². The predicted octanol–water partition coefficient (Wildman–Crippen LogP) is 3.59. The van der Waals surface area contributed by atoms with Gasteiger partial charge >= 0.3 is 0 Å². The van der Waals surface area contributed by atoms with E-state index in [-0.39, 0.29) is 11.9 Å². The molecule has 0 unspecified atom stereocenters. The summed E-state index contributed by atoms with van der Waals surface area (Å²) in [7, 11) is 0. The zero-order chi connectivity index (χ0) is 15.4. The molecule has 0 atom stereocenters. The van der Waals surface area contributed by atoms with Crippen LogP contribution in [0.2, 0.25) is 5.02 Å². The van der Waals surface area contributed by atoms with Crippen LogP contribution in [0.25, 0.3) is 0 Å². The van der Waals surface area contributed by atoms with Crippen LogP contribution in [-0.4, -0.2) is 21.8 Å². The number of aromatic nitrogens is 1. The second-order valence-electron chi connectivity index (χ2n) is 5.07. The van der Waals surface area contributed by atoms with E-state index in [1.807, 2.05) is 26.0 Å². The molecule has 1 aromatic carbocycles. The van der Waals surface area contributed by atoms with Gasteiger partial charge in [0.1, 0.15) is 5.69 Å². The number of carbonyl (C=O) groups excluding carboxylic acids is 1. The first kappa shape index (κ1) is 15.1. The molecule has 0 bridgehead atoms. The van der Waals surface area contributed by atoms with E-state index in [1.165, 1.54) is 0 Å². The maximum absolute atomic E-state index is 12.5. The summed E-state index contributed by atoms with van der Waals surface area (Å²) in [6, 6.07) is 11.0. The lowest BCUT2D eigenvalue weighted by molar-refractivity contribution is 0.0685.